The highest BCUT2D eigenvalue weighted by Crippen LogP contribution is 2.34. The van der Waals surface area contributed by atoms with E-state index in [1.54, 1.807) is 24.4 Å². The summed E-state index contributed by atoms with van der Waals surface area (Å²) in [5, 5.41) is 1.77. The molecule has 2 aromatic heterocycles. The van der Waals surface area contributed by atoms with Gasteiger partial charge < -0.3 is 4.90 Å². The maximum absolute atomic E-state index is 13.4. The predicted molar refractivity (Wildman–Crippen MR) is 143 cm³/mol. The van der Waals surface area contributed by atoms with Gasteiger partial charge in [0.05, 0.1) is 17.8 Å². The van der Waals surface area contributed by atoms with Crippen molar-refractivity contribution in [2.24, 2.45) is 0 Å². The molecule has 0 saturated carbocycles. The molecular weight excluding hydrogens is 517 g/mol. The van der Waals surface area contributed by atoms with Crippen molar-refractivity contribution in [2.45, 2.75) is 37.9 Å². The molecule has 2 aliphatic rings. The number of carbonyl (C=O) groups excluding carboxylic acids is 1. The summed E-state index contributed by atoms with van der Waals surface area (Å²) in [6.45, 7) is 2.34. The molecule has 184 valence electrons. The molecule has 2 saturated heterocycles. The third-order valence-electron chi connectivity index (χ3n) is 7.23. The number of hydrogen-bond donors (Lipinski definition) is 0. The van der Waals surface area contributed by atoms with E-state index < -0.39 is 0 Å². The first-order chi connectivity index (χ1) is 17.5. The molecule has 2 atom stereocenters. The molecule has 0 aliphatic carbocycles. The molecule has 2 aliphatic heterocycles. The van der Waals surface area contributed by atoms with Crippen LogP contribution in [0.2, 0.25) is 15.1 Å². The zero-order chi connectivity index (χ0) is 24.8. The minimum absolute atomic E-state index is 0.0954. The van der Waals surface area contributed by atoms with Crippen molar-refractivity contribution in [3.05, 3.63) is 87.2 Å². The molecule has 0 radical (unpaired) electrons. The first kappa shape index (κ1) is 23.7. The lowest BCUT2D eigenvalue weighted by Crippen LogP contribution is -2.55. The fourth-order valence-electron chi connectivity index (χ4n) is 5.61. The van der Waals surface area contributed by atoms with Crippen molar-refractivity contribution in [3.63, 3.8) is 0 Å². The molecule has 4 heterocycles. The Kier molecular flexibility index (Phi) is 6.38. The third kappa shape index (κ3) is 4.37. The zero-order valence-corrected chi connectivity index (χ0v) is 21.7. The fraction of sp³-hybridized carbons (Fsp3) is 0.296. The highest BCUT2D eigenvalue weighted by Gasteiger charge is 2.42. The molecule has 2 fully saturated rings. The number of fused-ring (bicyclic) bond motifs is 3. The Balaban J connectivity index is 1.24. The monoisotopic (exact) mass is 539 g/mol. The topological polar surface area (TPSA) is 53.7 Å². The van der Waals surface area contributed by atoms with E-state index in [4.69, 9.17) is 39.8 Å². The minimum atomic E-state index is 0.0954. The van der Waals surface area contributed by atoms with Crippen molar-refractivity contribution in [1.29, 1.82) is 0 Å². The van der Waals surface area contributed by atoms with Crippen molar-refractivity contribution in [2.75, 3.05) is 13.1 Å². The number of imidazole rings is 1. The average molecular weight is 541 g/mol. The van der Waals surface area contributed by atoms with Gasteiger partial charge in [0.1, 0.15) is 0 Å². The summed E-state index contributed by atoms with van der Waals surface area (Å²) < 4.78 is 2.06. The highest BCUT2D eigenvalue weighted by molar-refractivity contribution is 6.36. The van der Waals surface area contributed by atoms with Gasteiger partial charge in [-0.25, -0.2) is 9.97 Å². The predicted octanol–water partition coefficient (Wildman–Crippen LogP) is 5.77. The third-order valence-corrected chi connectivity index (χ3v) is 8.19. The summed E-state index contributed by atoms with van der Waals surface area (Å²) in [7, 11) is 0. The molecular formula is C27H24Cl3N5O. The van der Waals surface area contributed by atoms with Gasteiger partial charge in [-0.3, -0.25) is 14.1 Å². The molecule has 6 rings (SSSR count). The van der Waals surface area contributed by atoms with Crippen LogP contribution in [0.15, 0.2) is 60.9 Å². The summed E-state index contributed by atoms with van der Waals surface area (Å²) >= 11 is 18.8. The lowest BCUT2D eigenvalue weighted by molar-refractivity contribution is -0.136. The maximum Gasteiger partial charge on any atom is 0.234 e. The zero-order valence-electron chi connectivity index (χ0n) is 19.4. The summed E-state index contributed by atoms with van der Waals surface area (Å²) in [4.78, 5) is 27.2. The summed E-state index contributed by atoms with van der Waals surface area (Å²) in [6, 6.07) is 15.4. The van der Waals surface area contributed by atoms with E-state index in [1.165, 1.54) is 0 Å². The van der Waals surface area contributed by atoms with E-state index in [0.717, 1.165) is 49.4 Å². The Morgan fingerprint density at radius 2 is 1.64 bits per heavy atom. The van der Waals surface area contributed by atoms with Crippen LogP contribution in [-0.4, -0.2) is 55.2 Å². The molecule has 36 heavy (non-hydrogen) atoms. The van der Waals surface area contributed by atoms with E-state index in [-0.39, 0.29) is 24.4 Å². The van der Waals surface area contributed by atoms with Gasteiger partial charge in [0.15, 0.2) is 0 Å². The minimum Gasteiger partial charge on any atom is -0.334 e. The van der Waals surface area contributed by atoms with Gasteiger partial charge in [-0.2, -0.15) is 0 Å². The van der Waals surface area contributed by atoms with E-state index in [1.807, 2.05) is 36.5 Å². The number of hydrogen-bond acceptors (Lipinski definition) is 4. The van der Waals surface area contributed by atoms with Crippen molar-refractivity contribution < 1.29 is 4.79 Å². The van der Waals surface area contributed by atoms with Crippen molar-refractivity contribution in [3.8, 4) is 11.3 Å². The number of aromatic nitrogens is 3. The van der Waals surface area contributed by atoms with Crippen LogP contribution in [0.5, 0.6) is 0 Å². The Hall–Kier alpha value is -2.64. The van der Waals surface area contributed by atoms with Crippen LogP contribution in [0.25, 0.3) is 17.0 Å². The second-order valence-corrected chi connectivity index (χ2v) is 10.7. The molecule has 2 aromatic carbocycles. The summed E-state index contributed by atoms with van der Waals surface area (Å²) in [6.07, 6.45) is 5.99. The molecule has 4 aromatic rings. The summed E-state index contributed by atoms with van der Waals surface area (Å²) in [5.41, 5.74) is 3.71. The van der Waals surface area contributed by atoms with Crippen LogP contribution in [0, 0.1) is 0 Å². The second-order valence-electron chi connectivity index (χ2n) is 9.46. The van der Waals surface area contributed by atoms with Crippen LogP contribution in [0.1, 0.15) is 24.1 Å². The highest BCUT2D eigenvalue weighted by atomic mass is 35.5. The molecule has 1 amide bonds. The Morgan fingerprint density at radius 3 is 2.33 bits per heavy atom. The number of carbonyl (C=O) groups is 1. The molecule has 2 unspecified atom stereocenters. The maximum atomic E-state index is 13.4. The quantitative estimate of drug-likeness (QED) is 0.322. The number of piperazine rings is 1. The van der Waals surface area contributed by atoms with Crippen LogP contribution in [0.4, 0.5) is 0 Å². The normalized spacial score (nSPS) is 19.8. The number of halogens is 3. The van der Waals surface area contributed by atoms with E-state index in [2.05, 4.69) is 19.2 Å². The molecule has 2 bridgehead atoms. The first-order valence-electron chi connectivity index (χ1n) is 12.0. The van der Waals surface area contributed by atoms with Crippen molar-refractivity contribution >= 4 is 46.5 Å². The van der Waals surface area contributed by atoms with E-state index >= 15 is 0 Å². The fourth-order valence-corrected chi connectivity index (χ4v) is 6.26. The van der Waals surface area contributed by atoms with Crippen LogP contribution in [0.3, 0.4) is 0 Å². The molecule has 9 heteroatoms. The van der Waals surface area contributed by atoms with Crippen LogP contribution < -0.4 is 0 Å². The van der Waals surface area contributed by atoms with Gasteiger partial charge in [0.2, 0.25) is 11.7 Å². The van der Waals surface area contributed by atoms with Gasteiger partial charge >= 0.3 is 0 Å². The Morgan fingerprint density at radius 1 is 0.944 bits per heavy atom. The van der Waals surface area contributed by atoms with Crippen LogP contribution in [-0.2, 0) is 17.8 Å². The first-order valence-corrected chi connectivity index (χ1v) is 13.2. The SMILES string of the molecule is O=C(Cc1c(Cl)cccc1Cl)N1C2CCC1CN(Cc1c(-c3ccc(Cl)cc3)nc3ncccn13)C2. The van der Waals surface area contributed by atoms with Gasteiger partial charge in [0.25, 0.3) is 0 Å². The Labute approximate surface area is 224 Å². The second kappa shape index (κ2) is 9.67. The smallest absolute Gasteiger partial charge is 0.234 e. The number of likely N-dealkylation sites (tertiary alicyclic amines) is 1. The molecule has 0 spiro atoms. The largest absolute Gasteiger partial charge is 0.334 e. The molecule has 6 nitrogen and oxygen atoms in total. The summed E-state index contributed by atoms with van der Waals surface area (Å²) in [5.74, 6) is 0.767. The Bertz CT molecular complexity index is 1400. The van der Waals surface area contributed by atoms with E-state index in [0.29, 0.717) is 26.4 Å². The van der Waals surface area contributed by atoms with Gasteiger partial charge in [-0.1, -0.05) is 53.0 Å². The number of benzene rings is 2. The number of amides is 1. The van der Waals surface area contributed by atoms with E-state index in [9.17, 15) is 4.79 Å². The molecule has 0 N–H and O–H groups in total. The lowest BCUT2D eigenvalue weighted by Gasteiger charge is -2.41. The number of nitrogens with zero attached hydrogens (tertiary/aromatic N) is 5. The van der Waals surface area contributed by atoms with Crippen LogP contribution >= 0.6 is 34.8 Å². The van der Waals surface area contributed by atoms with Crippen molar-refractivity contribution in [1.82, 2.24) is 24.2 Å². The van der Waals surface area contributed by atoms with Gasteiger partial charge in [0, 0.05) is 64.7 Å². The van der Waals surface area contributed by atoms with Gasteiger partial charge in [-0.05, 0) is 48.7 Å². The average Bonchev–Trinajstić information content (AvgIpc) is 3.36. The standard InChI is InChI=1S/C27H24Cl3N5O/c28-18-7-5-17(6-8-18)26-24(34-12-2-11-31-27(34)32-26)16-33-14-19-9-10-20(15-33)35(19)25(36)13-21-22(29)3-1-4-23(21)30/h1-8,11-12,19-20H,9-10,13-16H2. The lowest BCUT2D eigenvalue weighted by atomic mass is 10.1. The van der Waals surface area contributed by atoms with Gasteiger partial charge in [-0.15, -0.1) is 0 Å². The number of rotatable bonds is 5.